The van der Waals surface area contributed by atoms with Crippen molar-refractivity contribution >= 4 is 5.91 Å². The lowest BCUT2D eigenvalue weighted by atomic mass is 10.1. The Balaban J connectivity index is 1.78. The van der Waals surface area contributed by atoms with Gasteiger partial charge in [-0.15, -0.1) is 0 Å². The molecular weight excluding hydrogens is 312 g/mol. The van der Waals surface area contributed by atoms with E-state index in [1.807, 2.05) is 29.2 Å². The normalized spacial score (nSPS) is 13.5. The second-order valence-electron chi connectivity index (χ2n) is 6.49. The van der Waals surface area contributed by atoms with Gasteiger partial charge in [-0.25, -0.2) is 0 Å². The van der Waals surface area contributed by atoms with Gasteiger partial charge in [0.2, 0.25) is 0 Å². The first-order valence-electron chi connectivity index (χ1n) is 9.03. The van der Waals surface area contributed by atoms with Gasteiger partial charge >= 0.3 is 0 Å². The number of rotatable bonds is 7. The number of hydrogen-bond donors (Lipinski definition) is 1. The van der Waals surface area contributed by atoms with E-state index in [0.29, 0.717) is 24.5 Å². The Morgan fingerprint density at radius 1 is 1.16 bits per heavy atom. The Labute approximate surface area is 149 Å². The SMILES string of the molecule is CCCN(C(=O)c1cccc(OCCN)c1)C1Cc2ccccc2C1. The summed E-state index contributed by atoms with van der Waals surface area (Å²) in [6, 6.07) is 16.1. The Bertz CT molecular complexity index is 704. The van der Waals surface area contributed by atoms with Crippen molar-refractivity contribution < 1.29 is 9.53 Å². The van der Waals surface area contributed by atoms with Crippen molar-refractivity contribution in [3.8, 4) is 5.75 Å². The zero-order chi connectivity index (χ0) is 17.6. The molecule has 0 bridgehead atoms. The molecule has 1 aliphatic rings. The van der Waals surface area contributed by atoms with Crippen LogP contribution in [0, 0.1) is 0 Å². The fourth-order valence-corrected chi connectivity index (χ4v) is 3.51. The summed E-state index contributed by atoms with van der Waals surface area (Å²) >= 11 is 0. The van der Waals surface area contributed by atoms with Gasteiger partial charge < -0.3 is 15.4 Å². The Morgan fingerprint density at radius 2 is 1.88 bits per heavy atom. The van der Waals surface area contributed by atoms with E-state index in [4.69, 9.17) is 10.5 Å². The van der Waals surface area contributed by atoms with Crippen LogP contribution in [-0.4, -0.2) is 36.5 Å². The molecule has 0 heterocycles. The molecule has 0 saturated carbocycles. The largest absolute Gasteiger partial charge is 0.492 e. The lowest BCUT2D eigenvalue weighted by Crippen LogP contribution is -2.41. The molecule has 2 aromatic rings. The van der Waals surface area contributed by atoms with Crippen LogP contribution in [0.15, 0.2) is 48.5 Å². The van der Waals surface area contributed by atoms with Gasteiger partial charge in [-0.05, 0) is 48.6 Å². The highest BCUT2D eigenvalue weighted by molar-refractivity contribution is 5.95. The van der Waals surface area contributed by atoms with Crippen molar-refractivity contribution in [2.75, 3.05) is 19.7 Å². The van der Waals surface area contributed by atoms with Crippen LogP contribution < -0.4 is 10.5 Å². The molecule has 0 spiro atoms. The highest BCUT2D eigenvalue weighted by Crippen LogP contribution is 2.27. The van der Waals surface area contributed by atoms with Crippen molar-refractivity contribution in [3.05, 3.63) is 65.2 Å². The number of carbonyl (C=O) groups is 1. The van der Waals surface area contributed by atoms with Crippen LogP contribution in [0.1, 0.15) is 34.8 Å². The number of nitrogens with zero attached hydrogens (tertiary/aromatic N) is 1. The maximum absolute atomic E-state index is 13.1. The fraction of sp³-hybridized carbons (Fsp3) is 0.381. The predicted octanol–water partition coefficient (Wildman–Crippen LogP) is 3.04. The summed E-state index contributed by atoms with van der Waals surface area (Å²) in [5, 5.41) is 0. The first kappa shape index (κ1) is 17.5. The molecule has 2 aromatic carbocycles. The quantitative estimate of drug-likeness (QED) is 0.844. The maximum Gasteiger partial charge on any atom is 0.254 e. The zero-order valence-electron chi connectivity index (χ0n) is 14.8. The van der Waals surface area contributed by atoms with Crippen molar-refractivity contribution in [1.82, 2.24) is 4.90 Å². The molecule has 0 radical (unpaired) electrons. The molecule has 1 aliphatic carbocycles. The van der Waals surface area contributed by atoms with Crippen LogP contribution in [0.25, 0.3) is 0 Å². The van der Waals surface area contributed by atoms with Crippen LogP contribution in [-0.2, 0) is 12.8 Å². The van der Waals surface area contributed by atoms with E-state index < -0.39 is 0 Å². The summed E-state index contributed by atoms with van der Waals surface area (Å²) in [5.74, 6) is 0.778. The molecule has 0 aromatic heterocycles. The molecule has 4 nitrogen and oxygen atoms in total. The molecule has 3 rings (SSSR count). The van der Waals surface area contributed by atoms with Crippen LogP contribution in [0.2, 0.25) is 0 Å². The number of nitrogens with two attached hydrogens (primary N) is 1. The minimum absolute atomic E-state index is 0.0813. The van der Waals surface area contributed by atoms with E-state index in [1.54, 1.807) is 0 Å². The summed E-state index contributed by atoms with van der Waals surface area (Å²) < 4.78 is 5.57. The first-order valence-corrected chi connectivity index (χ1v) is 9.03. The van der Waals surface area contributed by atoms with Crippen molar-refractivity contribution in [2.24, 2.45) is 5.73 Å². The predicted molar refractivity (Wildman–Crippen MR) is 100.0 cm³/mol. The summed E-state index contributed by atoms with van der Waals surface area (Å²) in [7, 11) is 0. The van der Waals surface area contributed by atoms with Gasteiger partial charge in [-0.2, -0.15) is 0 Å². The molecule has 0 saturated heterocycles. The van der Waals surface area contributed by atoms with E-state index in [0.717, 1.165) is 25.8 Å². The number of benzene rings is 2. The highest BCUT2D eigenvalue weighted by Gasteiger charge is 2.29. The van der Waals surface area contributed by atoms with Gasteiger partial charge in [-0.1, -0.05) is 37.3 Å². The molecule has 4 heteroatoms. The van der Waals surface area contributed by atoms with Gasteiger partial charge in [0.25, 0.3) is 5.91 Å². The molecule has 2 N–H and O–H groups in total. The van der Waals surface area contributed by atoms with Crippen molar-refractivity contribution in [2.45, 2.75) is 32.2 Å². The standard InChI is InChI=1S/C21H26N2O2/c1-2-11-23(19-13-16-6-3-4-7-17(16)14-19)21(24)18-8-5-9-20(15-18)25-12-10-22/h3-9,15,19H,2,10-14,22H2,1H3. The topological polar surface area (TPSA) is 55.6 Å². The van der Waals surface area contributed by atoms with E-state index in [-0.39, 0.29) is 11.9 Å². The molecule has 0 fully saturated rings. The third-order valence-corrected chi connectivity index (χ3v) is 4.66. The molecule has 0 aliphatic heterocycles. The third-order valence-electron chi connectivity index (χ3n) is 4.66. The van der Waals surface area contributed by atoms with E-state index >= 15 is 0 Å². The fourth-order valence-electron chi connectivity index (χ4n) is 3.51. The second-order valence-corrected chi connectivity index (χ2v) is 6.49. The molecule has 0 atom stereocenters. The average molecular weight is 338 g/mol. The summed E-state index contributed by atoms with van der Waals surface area (Å²) in [4.78, 5) is 15.2. The lowest BCUT2D eigenvalue weighted by molar-refractivity contribution is 0.0684. The minimum atomic E-state index is 0.0813. The van der Waals surface area contributed by atoms with Crippen LogP contribution in [0.3, 0.4) is 0 Å². The van der Waals surface area contributed by atoms with Gasteiger partial charge in [-0.3, -0.25) is 4.79 Å². The van der Waals surface area contributed by atoms with E-state index in [9.17, 15) is 4.79 Å². The molecule has 1 amide bonds. The van der Waals surface area contributed by atoms with Gasteiger partial charge in [0.15, 0.2) is 0 Å². The van der Waals surface area contributed by atoms with Crippen LogP contribution in [0.5, 0.6) is 5.75 Å². The second kappa shape index (κ2) is 8.17. The van der Waals surface area contributed by atoms with Crippen LogP contribution >= 0.6 is 0 Å². The summed E-state index contributed by atoms with van der Waals surface area (Å²) in [6.45, 7) is 3.79. The number of ether oxygens (including phenoxy) is 1. The lowest BCUT2D eigenvalue weighted by Gasteiger charge is -2.29. The monoisotopic (exact) mass is 338 g/mol. The number of amides is 1. The highest BCUT2D eigenvalue weighted by atomic mass is 16.5. The minimum Gasteiger partial charge on any atom is -0.492 e. The van der Waals surface area contributed by atoms with Crippen molar-refractivity contribution in [3.63, 3.8) is 0 Å². The number of carbonyl (C=O) groups excluding carboxylic acids is 1. The zero-order valence-corrected chi connectivity index (χ0v) is 14.8. The Morgan fingerprint density at radius 3 is 2.52 bits per heavy atom. The molecule has 25 heavy (non-hydrogen) atoms. The maximum atomic E-state index is 13.1. The summed E-state index contributed by atoms with van der Waals surface area (Å²) in [6.07, 6.45) is 2.82. The Hall–Kier alpha value is -2.33. The van der Waals surface area contributed by atoms with Crippen molar-refractivity contribution in [1.29, 1.82) is 0 Å². The molecular formula is C21H26N2O2. The Kier molecular flexibility index (Phi) is 5.71. The smallest absolute Gasteiger partial charge is 0.254 e. The molecule has 0 unspecified atom stereocenters. The van der Waals surface area contributed by atoms with Crippen LogP contribution in [0.4, 0.5) is 0 Å². The average Bonchev–Trinajstić information content (AvgIpc) is 3.08. The summed E-state index contributed by atoms with van der Waals surface area (Å²) in [5.41, 5.74) is 8.89. The number of hydrogen-bond acceptors (Lipinski definition) is 3. The molecule has 132 valence electrons. The van der Waals surface area contributed by atoms with Gasteiger partial charge in [0.1, 0.15) is 12.4 Å². The third kappa shape index (κ3) is 4.02. The first-order chi connectivity index (χ1) is 12.2. The van der Waals surface area contributed by atoms with E-state index in [1.165, 1.54) is 11.1 Å². The van der Waals surface area contributed by atoms with E-state index in [2.05, 4.69) is 31.2 Å². The van der Waals surface area contributed by atoms with Gasteiger partial charge in [0.05, 0.1) is 0 Å². The van der Waals surface area contributed by atoms with Gasteiger partial charge in [0, 0.05) is 24.7 Å². The number of fused-ring (bicyclic) bond motifs is 1.